The first-order valence-corrected chi connectivity index (χ1v) is 7.74. The average molecular weight is 315 g/mol. The third-order valence-corrected chi connectivity index (χ3v) is 4.42. The van der Waals surface area contributed by atoms with Gasteiger partial charge < -0.3 is 9.32 Å². The van der Waals surface area contributed by atoms with E-state index in [2.05, 4.69) is 20.3 Å². The maximum atomic E-state index is 12.6. The lowest BCUT2D eigenvalue weighted by molar-refractivity contribution is 0.102. The van der Waals surface area contributed by atoms with Gasteiger partial charge in [-0.1, -0.05) is 0 Å². The lowest BCUT2D eigenvalue weighted by atomic mass is 10.1. The van der Waals surface area contributed by atoms with Crippen LogP contribution in [0.3, 0.4) is 0 Å². The third kappa shape index (κ3) is 1.95. The van der Waals surface area contributed by atoms with Crippen molar-refractivity contribution in [2.24, 2.45) is 9.98 Å². The highest BCUT2D eigenvalue weighted by atomic mass is 32.1. The summed E-state index contributed by atoms with van der Waals surface area (Å²) in [5.74, 6) is 1.48. The molecule has 0 bridgehead atoms. The van der Waals surface area contributed by atoms with Gasteiger partial charge in [-0.25, -0.2) is 9.98 Å². The van der Waals surface area contributed by atoms with E-state index in [1.165, 1.54) is 11.3 Å². The van der Waals surface area contributed by atoms with E-state index in [1.54, 1.807) is 13.3 Å². The van der Waals surface area contributed by atoms with E-state index in [0.29, 0.717) is 34.4 Å². The van der Waals surface area contributed by atoms with Gasteiger partial charge in [-0.3, -0.25) is 15.1 Å². The lowest BCUT2D eigenvalue weighted by Crippen LogP contribution is -2.30. The first-order valence-electron chi connectivity index (χ1n) is 6.86. The molecule has 112 valence electrons. The third-order valence-electron chi connectivity index (χ3n) is 3.54. The summed E-state index contributed by atoms with van der Waals surface area (Å²) in [6.07, 6.45) is 1.70. The molecule has 0 atom stereocenters. The molecule has 7 nitrogen and oxygen atoms in total. The number of rotatable bonds is 2. The van der Waals surface area contributed by atoms with Gasteiger partial charge in [0.25, 0.3) is 5.91 Å². The van der Waals surface area contributed by atoms with E-state index < -0.39 is 0 Å². The van der Waals surface area contributed by atoms with Crippen LogP contribution in [0.25, 0.3) is 0 Å². The largest absolute Gasteiger partial charge is 0.442 e. The fourth-order valence-corrected chi connectivity index (χ4v) is 3.27. The van der Waals surface area contributed by atoms with Crippen LogP contribution < -0.4 is 5.32 Å². The van der Waals surface area contributed by atoms with Gasteiger partial charge in [-0.05, 0) is 13.8 Å². The number of hydrogen-bond acceptors (Lipinski definition) is 7. The van der Waals surface area contributed by atoms with Crippen LogP contribution in [0.5, 0.6) is 0 Å². The van der Waals surface area contributed by atoms with Gasteiger partial charge >= 0.3 is 0 Å². The highest BCUT2D eigenvalue weighted by Gasteiger charge is 2.33. The molecule has 0 fully saturated rings. The molecule has 4 rings (SSSR count). The van der Waals surface area contributed by atoms with E-state index in [-0.39, 0.29) is 5.91 Å². The molecule has 0 radical (unpaired) electrons. The molecule has 2 aliphatic heterocycles. The first kappa shape index (κ1) is 13.2. The quantitative estimate of drug-likeness (QED) is 0.922. The number of amidine groups is 1. The van der Waals surface area contributed by atoms with Crippen LogP contribution >= 0.6 is 11.3 Å². The maximum absolute atomic E-state index is 12.6. The molecule has 0 aromatic carbocycles. The zero-order chi connectivity index (χ0) is 15.3. The Morgan fingerprint density at radius 2 is 2.32 bits per heavy atom. The Morgan fingerprint density at radius 1 is 1.45 bits per heavy atom. The average Bonchev–Trinajstić information content (AvgIpc) is 3.15. The number of carbonyl (C=O) groups excluding carboxylic acids is 1. The fourth-order valence-electron chi connectivity index (χ4n) is 2.59. The number of aryl methyl sites for hydroxylation is 2. The van der Waals surface area contributed by atoms with Gasteiger partial charge in [0.05, 0.1) is 23.4 Å². The molecule has 8 heteroatoms. The zero-order valence-electron chi connectivity index (χ0n) is 12.1. The van der Waals surface area contributed by atoms with Crippen LogP contribution in [0.4, 0.5) is 11.0 Å². The molecule has 0 spiro atoms. The molecule has 2 aliphatic rings. The van der Waals surface area contributed by atoms with Gasteiger partial charge in [0.15, 0.2) is 5.13 Å². The van der Waals surface area contributed by atoms with Gasteiger partial charge in [0, 0.05) is 11.9 Å². The predicted molar refractivity (Wildman–Crippen MR) is 84.5 cm³/mol. The minimum absolute atomic E-state index is 0.247. The first-order chi connectivity index (χ1) is 10.6. The summed E-state index contributed by atoms with van der Waals surface area (Å²) in [7, 11) is 0. The van der Waals surface area contributed by atoms with E-state index in [4.69, 9.17) is 4.42 Å². The van der Waals surface area contributed by atoms with Crippen LogP contribution in [-0.2, 0) is 0 Å². The van der Waals surface area contributed by atoms with Crippen molar-refractivity contribution in [3.8, 4) is 0 Å². The van der Waals surface area contributed by atoms with Crippen molar-refractivity contribution in [2.45, 2.75) is 13.8 Å². The van der Waals surface area contributed by atoms with E-state index in [0.717, 1.165) is 18.1 Å². The smallest absolute Gasteiger partial charge is 0.261 e. The number of hydrogen-bond donors (Lipinski definition) is 1. The topological polar surface area (TPSA) is 83.1 Å². The molecule has 2 aromatic rings. The number of carbonyl (C=O) groups is 1. The number of anilines is 1. The van der Waals surface area contributed by atoms with Crippen molar-refractivity contribution >= 4 is 40.4 Å². The standard InChI is InChI=1S/C14H13N5O2S/c1-7-5-22-14(17-7)18-12(20)9-8(2)21-13-10(9)11-15-3-4-19(11)6-16-13/h5-6H,3-4H2,1-2H3,(H,17,18,20). The van der Waals surface area contributed by atoms with Crippen molar-refractivity contribution in [2.75, 3.05) is 18.4 Å². The normalized spacial score (nSPS) is 15.5. The van der Waals surface area contributed by atoms with Crippen molar-refractivity contribution in [1.82, 2.24) is 9.88 Å². The van der Waals surface area contributed by atoms with E-state index in [9.17, 15) is 4.79 Å². The number of furan rings is 1. The van der Waals surface area contributed by atoms with Crippen LogP contribution in [0.15, 0.2) is 19.8 Å². The highest BCUT2D eigenvalue weighted by Crippen LogP contribution is 2.34. The monoisotopic (exact) mass is 315 g/mol. The molecule has 1 amide bonds. The summed E-state index contributed by atoms with van der Waals surface area (Å²) in [4.78, 5) is 27.6. The molecule has 4 heterocycles. The van der Waals surface area contributed by atoms with Gasteiger partial charge in [-0.2, -0.15) is 0 Å². The highest BCUT2D eigenvalue weighted by molar-refractivity contribution is 7.13. The predicted octanol–water partition coefficient (Wildman–Crippen LogP) is 2.34. The summed E-state index contributed by atoms with van der Waals surface area (Å²) in [5, 5.41) is 5.28. The number of nitrogens with zero attached hydrogens (tertiary/aromatic N) is 4. The SMILES string of the molecule is Cc1csc(NC(=O)c2c(C)oc3c2C2=NCCN2C=N3)n1. The molecule has 0 saturated heterocycles. The molecular formula is C14H13N5O2S. The van der Waals surface area contributed by atoms with Gasteiger partial charge in [0.1, 0.15) is 17.9 Å². The van der Waals surface area contributed by atoms with Crippen molar-refractivity contribution in [3.63, 3.8) is 0 Å². The Balaban J connectivity index is 1.75. The second kappa shape index (κ2) is 4.77. The minimum atomic E-state index is -0.247. The Bertz CT molecular complexity index is 832. The van der Waals surface area contributed by atoms with E-state index in [1.807, 2.05) is 17.2 Å². The Kier molecular flexibility index (Phi) is 2.86. The minimum Gasteiger partial charge on any atom is -0.442 e. The van der Waals surface area contributed by atoms with Crippen molar-refractivity contribution in [1.29, 1.82) is 0 Å². The molecule has 0 unspecified atom stereocenters. The maximum Gasteiger partial charge on any atom is 0.261 e. The lowest BCUT2D eigenvalue weighted by Gasteiger charge is -2.18. The molecule has 0 aliphatic carbocycles. The van der Waals surface area contributed by atoms with Crippen LogP contribution in [0.2, 0.25) is 0 Å². The summed E-state index contributed by atoms with van der Waals surface area (Å²) in [6, 6.07) is 0. The Morgan fingerprint density at radius 3 is 3.09 bits per heavy atom. The number of thiazole rings is 1. The summed E-state index contributed by atoms with van der Waals surface area (Å²) < 4.78 is 5.63. The number of nitrogens with one attached hydrogen (secondary N) is 1. The Labute approximate surface area is 130 Å². The van der Waals surface area contributed by atoms with Gasteiger partial charge in [0.2, 0.25) is 5.88 Å². The number of amides is 1. The molecule has 1 N–H and O–H groups in total. The van der Waals surface area contributed by atoms with Crippen molar-refractivity contribution < 1.29 is 9.21 Å². The fraction of sp³-hybridized carbons (Fsp3) is 0.286. The van der Waals surface area contributed by atoms with E-state index >= 15 is 0 Å². The summed E-state index contributed by atoms with van der Waals surface area (Å²) in [6.45, 7) is 5.11. The Hall–Kier alpha value is -2.48. The van der Waals surface area contributed by atoms with Crippen LogP contribution in [0, 0.1) is 13.8 Å². The van der Waals surface area contributed by atoms with Crippen LogP contribution in [0.1, 0.15) is 27.4 Å². The summed E-state index contributed by atoms with van der Waals surface area (Å²) >= 11 is 1.39. The molecular weight excluding hydrogens is 302 g/mol. The number of aliphatic imine (C=N–C) groups is 2. The molecule has 2 aromatic heterocycles. The number of aromatic nitrogens is 1. The number of fused-ring (bicyclic) bond motifs is 3. The zero-order valence-corrected chi connectivity index (χ0v) is 12.9. The van der Waals surface area contributed by atoms with Gasteiger partial charge in [-0.15, -0.1) is 11.3 Å². The van der Waals surface area contributed by atoms with Crippen LogP contribution in [-0.4, -0.2) is 41.1 Å². The second-order valence-electron chi connectivity index (χ2n) is 5.10. The van der Waals surface area contributed by atoms with Crippen molar-refractivity contribution in [3.05, 3.63) is 28.0 Å². The second-order valence-corrected chi connectivity index (χ2v) is 5.96. The molecule has 0 saturated carbocycles. The summed E-state index contributed by atoms with van der Waals surface area (Å²) in [5.41, 5.74) is 2.02. The molecule has 22 heavy (non-hydrogen) atoms.